The molecular weight excluding hydrogens is 535 g/mol. The third-order valence-electron chi connectivity index (χ3n) is 7.10. The molecule has 0 saturated carbocycles. The molecule has 0 aliphatic rings. The molecule has 0 saturated heterocycles. The van der Waals surface area contributed by atoms with Crippen LogP contribution in [0.3, 0.4) is 0 Å². The number of nitrogens with one attached hydrogen (secondary N) is 1. The van der Waals surface area contributed by atoms with E-state index in [2.05, 4.69) is 126 Å². The van der Waals surface area contributed by atoms with Gasteiger partial charge in [-0.2, -0.15) is 0 Å². The van der Waals surface area contributed by atoms with Crippen LogP contribution < -0.4 is 34.2 Å². The molecular formula is C36H31NO2Si2. The smallest absolute Gasteiger partial charge is 0.392 e. The lowest BCUT2D eigenvalue weighted by molar-refractivity contribution is 0.527. The molecule has 6 rings (SSSR count). The summed E-state index contributed by atoms with van der Waals surface area (Å²) < 4.78 is 18.9. The Morgan fingerprint density at radius 1 is 0.293 bits per heavy atom. The van der Waals surface area contributed by atoms with Crippen LogP contribution in [-0.4, -0.2) is 17.0 Å². The summed E-state index contributed by atoms with van der Waals surface area (Å²) in [6.45, 7) is 0. The highest BCUT2D eigenvalue weighted by molar-refractivity contribution is 7.10. The Hall–Kier alpha value is -4.69. The van der Waals surface area contributed by atoms with Crippen molar-refractivity contribution in [3.05, 3.63) is 182 Å². The van der Waals surface area contributed by atoms with Crippen LogP contribution in [0, 0.1) is 0 Å². The molecule has 0 radical (unpaired) electrons. The molecule has 3 nitrogen and oxygen atoms in total. The number of hydrogen-bond donors (Lipinski definition) is 1. The van der Waals surface area contributed by atoms with Gasteiger partial charge in [0.05, 0.1) is 0 Å². The average Bonchev–Trinajstić information content (AvgIpc) is 3.06. The van der Waals surface area contributed by atoms with Crippen molar-refractivity contribution >= 4 is 37.7 Å². The molecule has 0 heterocycles. The monoisotopic (exact) mass is 565 g/mol. The van der Waals surface area contributed by atoms with Crippen LogP contribution >= 0.6 is 0 Å². The number of hydrogen-bond acceptors (Lipinski definition) is 3. The topological polar surface area (TPSA) is 30.5 Å². The van der Waals surface area contributed by atoms with Gasteiger partial charge in [0.25, 0.3) is 0 Å². The van der Waals surface area contributed by atoms with Gasteiger partial charge >= 0.3 is 17.0 Å². The molecule has 0 aliphatic carbocycles. The van der Waals surface area contributed by atoms with E-state index in [1.165, 1.54) is 0 Å². The second-order valence-electron chi connectivity index (χ2n) is 9.78. The molecule has 0 aliphatic heterocycles. The first-order chi connectivity index (χ1) is 20.3. The Morgan fingerprint density at radius 3 is 0.756 bits per heavy atom. The van der Waals surface area contributed by atoms with E-state index in [-0.39, 0.29) is 0 Å². The van der Waals surface area contributed by atoms with Gasteiger partial charge in [-0.05, 0) is 45.0 Å². The highest BCUT2D eigenvalue weighted by Gasteiger charge is 2.54. The van der Waals surface area contributed by atoms with Gasteiger partial charge in [-0.3, -0.25) is 4.65 Å². The largest absolute Gasteiger partial charge is 0.522 e. The lowest BCUT2D eigenvalue weighted by Crippen LogP contribution is -2.87. The molecule has 0 unspecified atom stereocenters. The Morgan fingerprint density at radius 2 is 0.512 bits per heavy atom. The van der Waals surface area contributed by atoms with Crippen LogP contribution in [0.25, 0.3) is 0 Å². The molecule has 41 heavy (non-hydrogen) atoms. The molecule has 5 heteroatoms. The van der Waals surface area contributed by atoms with Crippen LogP contribution in [0.5, 0.6) is 11.5 Å². The fourth-order valence-electron chi connectivity index (χ4n) is 5.18. The fourth-order valence-corrected chi connectivity index (χ4v) is 14.6. The lowest BCUT2D eigenvalue weighted by Gasteiger charge is -2.42. The highest BCUT2D eigenvalue weighted by atomic mass is 28.4. The van der Waals surface area contributed by atoms with Gasteiger partial charge in [0.1, 0.15) is 11.5 Å². The van der Waals surface area contributed by atoms with Crippen LogP contribution in [0.15, 0.2) is 182 Å². The van der Waals surface area contributed by atoms with Gasteiger partial charge in [-0.25, -0.2) is 0 Å². The zero-order valence-electron chi connectivity index (χ0n) is 22.6. The van der Waals surface area contributed by atoms with Gasteiger partial charge in [0.2, 0.25) is 0 Å². The number of rotatable bonds is 10. The number of benzene rings is 6. The van der Waals surface area contributed by atoms with Gasteiger partial charge in [0.15, 0.2) is 0 Å². The van der Waals surface area contributed by atoms with Crippen LogP contribution in [-0.2, 0) is 0 Å². The highest BCUT2D eigenvalue weighted by Crippen LogP contribution is 2.20. The standard InChI is InChI=1S/C36H31NO2Si2/c1-7-19-31(20-8-1)38-40(33-23-11-3-12-24-33,34-25-13-4-14-26-34)37-41(35-27-15-5-16-28-35,36-29-17-6-18-30-36)39-32-21-9-2-10-22-32/h1-30,37H. The van der Waals surface area contributed by atoms with Gasteiger partial charge in [-0.1, -0.05) is 158 Å². The van der Waals surface area contributed by atoms with E-state index < -0.39 is 17.0 Å². The predicted octanol–water partition coefficient (Wildman–Crippen LogP) is 5.25. The molecule has 0 amide bonds. The molecule has 0 spiro atoms. The van der Waals surface area contributed by atoms with E-state index in [0.29, 0.717) is 0 Å². The average molecular weight is 566 g/mol. The van der Waals surface area contributed by atoms with Crippen molar-refractivity contribution in [3.63, 3.8) is 0 Å². The Kier molecular flexibility index (Phi) is 7.91. The summed E-state index contributed by atoms with van der Waals surface area (Å²) in [4.78, 5) is 0. The van der Waals surface area contributed by atoms with Gasteiger partial charge < -0.3 is 8.85 Å². The molecule has 0 bridgehead atoms. The summed E-state index contributed by atoms with van der Waals surface area (Å²) >= 11 is 0. The third-order valence-corrected chi connectivity index (χ3v) is 15.6. The second-order valence-corrected chi connectivity index (χ2v) is 16.2. The molecule has 1 N–H and O–H groups in total. The van der Waals surface area contributed by atoms with Crippen molar-refractivity contribution in [2.75, 3.05) is 0 Å². The second kappa shape index (κ2) is 12.2. The maximum atomic E-state index is 7.29. The Labute approximate surface area is 244 Å². The van der Waals surface area contributed by atoms with Crippen molar-refractivity contribution in [1.29, 1.82) is 0 Å². The van der Waals surface area contributed by atoms with Crippen molar-refractivity contribution in [2.24, 2.45) is 0 Å². The molecule has 200 valence electrons. The Balaban J connectivity index is 1.66. The van der Waals surface area contributed by atoms with Crippen molar-refractivity contribution in [2.45, 2.75) is 0 Å². The fraction of sp³-hybridized carbons (Fsp3) is 0. The van der Waals surface area contributed by atoms with Crippen molar-refractivity contribution in [3.8, 4) is 11.5 Å². The minimum Gasteiger partial charge on any atom is -0.522 e. The van der Waals surface area contributed by atoms with E-state index in [4.69, 9.17) is 8.85 Å². The van der Waals surface area contributed by atoms with Crippen LogP contribution in [0.1, 0.15) is 0 Å². The summed E-state index contributed by atoms with van der Waals surface area (Å²) in [5.41, 5.74) is 0. The normalized spacial score (nSPS) is 11.5. The Bertz CT molecular complexity index is 1430. The molecule has 0 aromatic heterocycles. The summed E-state index contributed by atoms with van der Waals surface area (Å²) in [6, 6.07) is 62.5. The molecule has 6 aromatic rings. The first-order valence-electron chi connectivity index (χ1n) is 13.8. The zero-order chi connectivity index (χ0) is 27.8. The van der Waals surface area contributed by atoms with E-state index >= 15 is 0 Å². The maximum Gasteiger partial charge on any atom is 0.392 e. The third kappa shape index (κ3) is 5.65. The maximum absolute atomic E-state index is 7.29. The SMILES string of the molecule is c1ccc(O[Si](N[Si](Oc2ccccc2)(c2ccccc2)c2ccccc2)(c2ccccc2)c2ccccc2)cc1. The summed E-state index contributed by atoms with van der Waals surface area (Å²) in [5, 5.41) is 4.43. The van der Waals surface area contributed by atoms with E-state index in [1.807, 2.05) is 60.7 Å². The lowest BCUT2D eigenvalue weighted by atomic mass is 10.3. The number of para-hydroxylation sites is 2. The van der Waals surface area contributed by atoms with E-state index in [9.17, 15) is 0 Å². The molecule has 6 aromatic carbocycles. The van der Waals surface area contributed by atoms with Gasteiger partial charge in [-0.15, -0.1) is 0 Å². The summed E-state index contributed by atoms with van der Waals surface area (Å²) in [7, 11) is -6.51. The van der Waals surface area contributed by atoms with Crippen LogP contribution in [0.2, 0.25) is 0 Å². The first kappa shape index (κ1) is 26.5. The molecule has 0 fully saturated rings. The van der Waals surface area contributed by atoms with Crippen molar-refractivity contribution in [1.82, 2.24) is 4.65 Å². The summed E-state index contributed by atoms with van der Waals surface area (Å²) in [5.74, 6) is 1.62. The quantitative estimate of drug-likeness (QED) is 0.230. The minimum atomic E-state index is -3.26. The van der Waals surface area contributed by atoms with Gasteiger partial charge in [0, 0.05) is 0 Å². The summed E-state index contributed by atoms with van der Waals surface area (Å²) in [6.07, 6.45) is 0. The predicted molar refractivity (Wildman–Crippen MR) is 173 cm³/mol. The van der Waals surface area contributed by atoms with Crippen LogP contribution in [0.4, 0.5) is 0 Å². The molecule has 0 atom stereocenters. The van der Waals surface area contributed by atoms with Crippen molar-refractivity contribution < 1.29 is 8.85 Å². The van der Waals surface area contributed by atoms with E-state index in [0.717, 1.165) is 32.2 Å². The minimum absolute atomic E-state index is 0.808. The zero-order valence-corrected chi connectivity index (χ0v) is 24.6. The first-order valence-corrected chi connectivity index (χ1v) is 17.6. The van der Waals surface area contributed by atoms with E-state index in [1.54, 1.807) is 0 Å².